The zero-order valence-corrected chi connectivity index (χ0v) is 11.1. The molecule has 4 nitrogen and oxygen atoms in total. The van der Waals surface area contributed by atoms with E-state index in [1.165, 1.54) is 0 Å². The molecule has 1 aliphatic rings. The summed E-state index contributed by atoms with van der Waals surface area (Å²) in [6.45, 7) is 5.99. The number of hydrogen-bond donors (Lipinski definition) is 1. The molecule has 1 fully saturated rings. The number of pyridine rings is 1. The van der Waals surface area contributed by atoms with E-state index in [1.54, 1.807) is 6.20 Å². The van der Waals surface area contributed by atoms with Gasteiger partial charge in [0, 0.05) is 31.0 Å². The average Bonchev–Trinajstić information content (AvgIpc) is 2.92. The normalized spacial score (nSPS) is 16.7. The second kappa shape index (κ2) is 5.85. The second-order valence-corrected chi connectivity index (χ2v) is 4.88. The minimum atomic E-state index is 0.0558. The lowest BCUT2D eigenvalue weighted by molar-refractivity contribution is 0.0787. The van der Waals surface area contributed by atoms with Gasteiger partial charge >= 0.3 is 0 Å². The molecule has 1 unspecified atom stereocenters. The number of rotatable bonds is 4. The highest BCUT2D eigenvalue weighted by atomic mass is 16.2. The molecule has 1 amide bonds. The van der Waals surface area contributed by atoms with Crippen LogP contribution in [-0.2, 0) is 0 Å². The first-order valence-corrected chi connectivity index (χ1v) is 6.72. The van der Waals surface area contributed by atoms with Crippen molar-refractivity contribution in [3.8, 4) is 0 Å². The van der Waals surface area contributed by atoms with Gasteiger partial charge in [-0.2, -0.15) is 0 Å². The summed E-state index contributed by atoms with van der Waals surface area (Å²) in [5, 5.41) is 3.37. The van der Waals surface area contributed by atoms with Crippen LogP contribution in [0.4, 0.5) is 5.69 Å². The Balaban J connectivity index is 2.08. The van der Waals surface area contributed by atoms with Gasteiger partial charge in [0.25, 0.3) is 5.91 Å². The van der Waals surface area contributed by atoms with Gasteiger partial charge in [0.2, 0.25) is 0 Å². The first-order chi connectivity index (χ1) is 8.70. The summed E-state index contributed by atoms with van der Waals surface area (Å²) in [4.78, 5) is 18.3. The van der Waals surface area contributed by atoms with E-state index >= 15 is 0 Å². The molecule has 1 aromatic rings. The third-order valence-electron chi connectivity index (χ3n) is 3.40. The quantitative estimate of drug-likeness (QED) is 0.889. The van der Waals surface area contributed by atoms with Crippen LogP contribution in [0.15, 0.2) is 18.3 Å². The zero-order chi connectivity index (χ0) is 13.0. The van der Waals surface area contributed by atoms with Crippen LogP contribution >= 0.6 is 0 Å². The van der Waals surface area contributed by atoms with Gasteiger partial charge in [0.15, 0.2) is 0 Å². The van der Waals surface area contributed by atoms with Gasteiger partial charge in [0.1, 0.15) is 5.69 Å². The smallest absolute Gasteiger partial charge is 0.272 e. The van der Waals surface area contributed by atoms with Gasteiger partial charge in [-0.15, -0.1) is 0 Å². The Labute approximate surface area is 108 Å². The predicted octanol–water partition coefficient (Wildman–Crippen LogP) is 2.53. The van der Waals surface area contributed by atoms with E-state index in [0.717, 1.165) is 38.0 Å². The van der Waals surface area contributed by atoms with Crippen LogP contribution in [0.2, 0.25) is 0 Å². The summed E-state index contributed by atoms with van der Waals surface area (Å²) in [7, 11) is 0. The molecule has 0 aromatic carbocycles. The lowest BCUT2D eigenvalue weighted by Gasteiger charge is -2.16. The van der Waals surface area contributed by atoms with Crippen LogP contribution in [0, 0.1) is 0 Å². The number of nitrogens with zero attached hydrogens (tertiary/aromatic N) is 2. The Morgan fingerprint density at radius 2 is 2.22 bits per heavy atom. The number of likely N-dealkylation sites (tertiary alicyclic amines) is 1. The van der Waals surface area contributed by atoms with Crippen LogP contribution in [0.25, 0.3) is 0 Å². The fourth-order valence-electron chi connectivity index (χ4n) is 2.11. The summed E-state index contributed by atoms with van der Waals surface area (Å²) < 4.78 is 0. The van der Waals surface area contributed by atoms with Crippen LogP contribution in [-0.4, -0.2) is 34.9 Å². The van der Waals surface area contributed by atoms with E-state index in [1.807, 2.05) is 17.0 Å². The highest BCUT2D eigenvalue weighted by Gasteiger charge is 2.20. The predicted molar refractivity (Wildman–Crippen MR) is 72.8 cm³/mol. The molecule has 0 radical (unpaired) electrons. The van der Waals surface area contributed by atoms with Crippen molar-refractivity contribution in [3.05, 3.63) is 24.0 Å². The standard InChI is InChI=1S/C14H21N3O/c1-3-11(2)16-12-6-7-15-13(10-12)14(18)17-8-4-5-9-17/h6-7,10-11H,3-5,8-9H2,1-2H3,(H,15,16). The molecule has 98 valence electrons. The molecule has 1 aliphatic heterocycles. The Hall–Kier alpha value is -1.58. The zero-order valence-electron chi connectivity index (χ0n) is 11.1. The van der Waals surface area contributed by atoms with Gasteiger partial charge in [-0.3, -0.25) is 9.78 Å². The Bertz CT molecular complexity index is 413. The van der Waals surface area contributed by atoms with Crippen molar-refractivity contribution in [2.75, 3.05) is 18.4 Å². The Kier molecular flexibility index (Phi) is 4.18. The maximum atomic E-state index is 12.2. The summed E-state index contributed by atoms with van der Waals surface area (Å²) in [6.07, 6.45) is 4.97. The lowest BCUT2D eigenvalue weighted by atomic mass is 10.2. The van der Waals surface area contributed by atoms with Crippen LogP contribution in [0.3, 0.4) is 0 Å². The molecule has 2 rings (SSSR count). The molecule has 1 N–H and O–H groups in total. The topological polar surface area (TPSA) is 45.2 Å². The monoisotopic (exact) mass is 247 g/mol. The third-order valence-corrected chi connectivity index (χ3v) is 3.40. The second-order valence-electron chi connectivity index (χ2n) is 4.88. The molecule has 0 bridgehead atoms. The van der Waals surface area contributed by atoms with Crippen molar-refractivity contribution in [1.82, 2.24) is 9.88 Å². The maximum absolute atomic E-state index is 12.2. The number of nitrogens with one attached hydrogen (secondary N) is 1. The van der Waals surface area contributed by atoms with E-state index in [9.17, 15) is 4.79 Å². The average molecular weight is 247 g/mol. The Morgan fingerprint density at radius 1 is 1.50 bits per heavy atom. The molecule has 18 heavy (non-hydrogen) atoms. The van der Waals surface area contributed by atoms with Crippen molar-refractivity contribution in [2.45, 2.75) is 39.2 Å². The molecular formula is C14H21N3O. The van der Waals surface area contributed by atoms with Crippen molar-refractivity contribution < 1.29 is 4.79 Å². The molecule has 0 aliphatic carbocycles. The molecular weight excluding hydrogens is 226 g/mol. The summed E-state index contributed by atoms with van der Waals surface area (Å²) in [6, 6.07) is 4.17. The molecule has 2 heterocycles. The third kappa shape index (κ3) is 3.00. The van der Waals surface area contributed by atoms with E-state index < -0.39 is 0 Å². The molecule has 4 heteroatoms. The molecule has 0 saturated carbocycles. The minimum absolute atomic E-state index is 0.0558. The number of amides is 1. The van der Waals surface area contributed by atoms with Crippen molar-refractivity contribution in [2.24, 2.45) is 0 Å². The largest absolute Gasteiger partial charge is 0.382 e. The van der Waals surface area contributed by atoms with Gasteiger partial charge in [-0.05, 0) is 38.3 Å². The van der Waals surface area contributed by atoms with Gasteiger partial charge in [-0.1, -0.05) is 6.92 Å². The highest BCUT2D eigenvalue weighted by Crippen LogP contribution is 2.15. The summed E-state index contributed by atoms with van der Waals surface area (Å²) in [5.41, 5.74) is 1.52. The van der Waals surface area contributed by atoms with Crippen molar-refractivity contribution >= 4 is 11.6 Å². The van der Waals surface area contributed by atoms with Crippen LogP contribution in [0.1, 0.15) is 43.6 Å². The van der Waals surface area contributed by atoms with Crippen molar-refractivity contribution in [3.63, 3.8) is 0 Å². The highest BCUT2D eigenvalue weighted by molar-refractivity contribution is 5.93. The van der Waals surface area contributed by atoms with Crippen LogP contribution < -0.4 is 5.32 Å². The fraction of sp³-hybridized carbons (Fsp3) is 0.571. The first-order valence-electron chi connectivity index (χ1n) is 6.72. The number of hydrogen-bond acceptors (Lipinski definition) is 3. The summed E-state index contributed by atoms with van der Waals surface area (Å²) in [5.74, 6) is 0.0558. The minimum Gasteiger partial charge on any atom is -0.382 e. The van der Waals surface area contributed by atoms with E-state index in [-0.39, 0.29) is 5.91 Å². The molecule has 1 atom stereocenters. The number of carbonyl (C=O) groups is 1. The lowest BCUT2D eigenvalue weighted by Crippen LogP contribution is -2.28. The van der Waals surface area contributed by atoms with Gasteiger partial charge in [0.05, 0.1) is 0 Å². The molecule has 1 aromatic heterocycles. The maximum Gasteiger partial charge on any atom is 0.272 e. The van der Waals surface area contributed by atoms with E-state index in [0.29, 0.717) is 11.7 Å². The van der Waals surface area contributed by atoms with Gasteiger partial charge < -0.3 is 10.2 Å². The van der Waals surface area contributed by atoms with Crippen LogP contribution in [0.5, 0.6) is 0 Å². The SMILES string of the molecule is CCC(C)Nc1ccnc(C(=O)N2CCCC2)c1. The fourth-order valence-corrected chi connectivity index (χ4v) is 2.11. The summed E-state index contributed by atoms with van der Waals surface area (Å²) >= 11 is 0. The first kappa shape index (κ1) is 12.9. The van der Waals surface area contributed by atoms with Crippen molar-refractivity contribution in [1.29, 1.82) is 0 Å². The van der Waals surface area contributed by atoms with E-state index in [4.69, 9.17) is 0 Å². The molecule has 1 saturated heterocycles. The number of aromatic nitrogens is 1. The number of anilines is 1. The van der Waals surface area contributed by atoms with E-state index in [2.05, 4.69) is 24.1 Å². The Morgan fingerprint density at radius 3 is 2.89 bits per heavy atom. The number of carbonyl (C=O) groups excluding carboxylic acids is 1. The molecule has 0 spiro atoms. The van der Waals surface area contributed by atoms with Gasteiger partial charge in [-0.25, -0.2) is 0 Å².